The summed E-state index contributed by atoms with van der Waals surface area (Å²) in [4.78, 5) is 13.8. The Hall–Kier alpha value is -1.20. The first kappa shape index (κ1) is 15.2. The lowest BCUT2D eigenvalue weighted by Crippen LogP contribution is -2.40. The van der Waals surface area contributed by atoms with Crippen molar-refractivity contribution in [3.63, 3.8) is 0 Å². The molecule has 0 atom stereocenters. The molecule has 2 rings (SSSR count). The molecular formula is C14H17ClF2N2O. The number of likely N-dealkylation sites (tertiary alicyclic amines) is 1. The molecule has 6 heteroatoms. The first-order chi connectivity index (χ1) is 9.52. The number of hydrogen-bond acceptors (Lipinski definition) is 2. The molecular weight excluding hydrogens is 286 g/mol. The van der Waals surface area contributed by atoms with E-state index in [1.165, 1.54) is 0 Å². The summed E-state index contributed by atoms with van der Waals surface area (Å²) in [5.74, 6) is -1.50. The molecule has 0 unspecified atom stereocenters. The number of hydrogen-bond donors (Lipinski definition) is 1. The topological polar surface area (TPSA) is 32.3 Å². The summed E-state index contributed by atoms with van der Waals surface area (Å²) in [6.45, 7) is 2.04. The summed E-state index contributed by atoms with van der Waals surface area (Å²) in [7, 11) is 1.89. The van der Waals surface area contributed by atoms with Crippen LogP contribution < -0.4 is 5.32 Å². The van der Waals surface area contributed by atoms with E-state index >= 15 is 0 Å². The highest BCUT2D eigenvalue weighted by atomic mass is 35.5. The number of rotatable bonds is 3. The molecule has 1 fully saturated rings. The van der Waals surface area contributed by atoms with Crippen LogP contribution in [-0.2, 0) is 0 Å². The number of amides is 1. The number of piperidine rings is 1. The lowest BCUT2D eigenvalue weighted by atomic mass is 9.96. The summed E-state index contributed by atoms with van der Waals surface area (Å²) in [6.07, 6.45) is 1.73. The Balaban J connectivity index is 2.07. The Morgan fingerprint density at radius 2 is 2.00 bits per heavy atom. The highest BCUT2D eigenvalue weighted by Crippen LogP contribution is 2.23. The third kappa shape index (κ3) is 3.27. The molecule has 1 aromatic rings. The van der Waals surface area contributed by atoms with Crippen molar-refractivity contribution >= 4 is 17.5 Å². The smallest absolute Gasteiger partial charge is 0.256 e. The van der Waals surface area contributed by atoms with Gasteiger partial charge >= 0.3 is 0 Å². The second-order valence-electron chi connectivity index (χ2n) is 5.04. The van der Waals surface area contributed by atoms with E-state index < -0.39 is 17.5 Å². The zero-order valence-electron chi connectivity index (χ0n) is 11.3. The van der Waals surface area contributed by atoms with Crippen LogP contribution in [0.15, 0.2) is 12.1 Å². The normalized spacial score (nSPS) is 16.5. The third-order valence-corrected chi connectivity index (χ3v) is 3.92. The molecule has 0 radical (unpaired) electrons. The van der Waals surface area contributed by atoms with Crippen molar-refractivity contribution < 1.29 is 13.6 Å². The van der Waals surface area contributed by atoms with Gasteiger partial charge in [-0.25, -0.2) is 8.78 Å². The van der Waals surface area contributed by atoms with Crippen LogP contribution in [-0.4, -0.2) is 37.5 Å². The molecule has 0 bridgehead atoms. The lowest BCUT2D eigenvalue weighted by molar-refractivity contribution is 0.0685. The van der Waals surface area contributed by atoms with Crippen LogP contribution in [0.2, 0.25) is 5.02 Å². The van der Waals surface area contributed by atoms with Gasteiger partial charge < -0.3 is 10.2 Å². The van der Waals surface area contributed by atoms with Crippen molar-refractivity contribution in [2.45, 2.75) is 12.8 Å². The number of nitrogens with one attached hydrogen (secondary N) is 1. The first-order valence-electron chi connectivity index (χ1n) is 6.61. The van der Waals surface area contributed by atoms with E-state index in [4.69, 9.17) is 11.6 Å². The Kier molecular flexibility index (Phi) is 4.94. The number of carbonyl (C=O) groups excluding carboxylic acids is 1. The minimum atomic E-state index is -0.779. The number of carbonyl (C=O) groups is 1. The Morgan fingerprint density at radius 3 is 2.60 bits per heavy atom. The Morgan fingerprint density at radius 1 is 1.35 bits per heavy atom. The van der Waals surface area contributed by atoms with Gasteiger partial charge in [0, 0.05) is 13.1 Å². The molecule has 1 aliphatic heterocycles. The molecule has 20 heavy (non-hydrogen) atoms. The van der Waals surface area contributed by atoms with Gasteiger partial charge in [-0.05, 0) is 44.5 Å². The number of halogens is 3. The molecule has 1 aliphatic rings. The van der Waals surface area contributed by atoms with Gasteiger partial charge in [-0.2, -0.15) is 0 Å². The first-order valence-corrected chi connectivity index (χ1v) is 6.99. The highest BCUT2D eigenvalue weighted by molar-refractivity contribution is 6.30. The molecule has 0 spiro atoms. The maximum atomic E-state index is 13.7. The Bertz CT molecular complexity index is 502. The van der Waals surface area contributed by atoms with Crippen LogP contribution in [0.5, 0.6) is 0 Å². The average Bonchev–Trinajstić information content (AvgIpc) is 2.43. The van der Waals surface area contributed by atoms with Gasteiger partial charge in [-0.1, -0.05) is 11.6 Å². The van der Waals surface area contributed by atoms with E-state index in [9.17, 15) is 13.6 Å². The van der Waals surface area contributed by atoms with Gasteiger partial charge in [0.15, 0.2) is 0 Å². The summed E-state index contributed by atoms with van der Waals surface area (Å²) in [5, 5.41) is 2.80. The summed E-state index contributed by atoms with van der Waals surface area (Å²) in [6, 6.07) is 1.72. The fourth-order valence-electron chi connectivity index (χ4n) is 2.49. The largest absolute Gasteiger partial charge is 0.339 e. The molecule has 1 aromatic carbocycles. The van der Waals surface area contributed by atoms with Crippen LogP contribution in [0, 0.1) is 17.6 Å². The van der Waals surface area contributed by atoms with Gasteiger partial charge in [-0.3, -0.25) is 4.79 Å². The fourth-order valence-corrected chi connectivity index (χ4v) is 2.64. The molecule has 110 valence electrons. The zero-order valence-corrected chi connectivity index (χ0v) is 12.0. The van der Waals surface area contributed by atoms with Gasteiger partial charge in [-0.15, -0.1) is 0 Å². The van der Waals surface area contributed by atoms with Crippen molar-refractivity contribution in [1.82, 2.24) is 10.2 Å². The van der Waals surface area contributed by atoms with E-state index in [0.717, 1.165) is 31.5 Å². The third-order valence-electron chi connectivity index (χ3n) is 3.63. The van der Waals surface area contributed by atoms with Gasteiger partial charge in [0.1, 0.15) is 11.6 Å². The van der Waals surface area contributed by atoms with E-state index in [1.807, 2.05) is 7.05 Å². The van der Waals surface area contributed by atoms with Crippen molar-refractivity contribution in [3.05, 3.63) is 34.4 Å². The van der Waals surface area contributed by atoms with Crippen LogP contribution >= 0.6 is 11.6 Å². The van der Waals surface area contributed by atoms with Gasteiger partial charge in [0.25, 0.3) is 5.91 Å². The monoisotopic (exact) mass is 302 g/mol. The predicted octanol–water partition coefficient (Wildman–Crippen LogP) is 2.69. The van der Waals surface area contributed by atoms with Crippen molar-refractivity contribution in [3.8, 4) is 0 Å². The van der Waals surface area contributed by atoms with E-state index in [1.54, 1.807) is 4.90 Å². The number of benzene rings is 1. The molecule has 0 aromatic heterocycles. The predicted molar refractivity (Wildman–Crippen MR) is 73.9 cm³/mol. The maximum absolute atomic E-state index is 13.7. The average molecular weight is 303 g/mol. The van der Waals surface area contributed by atoms with Crippen molar-refractivity contribution in [1.29, 1.82) is 0 Å². The summed E-state index contributed by atoms with van der Waals surface area (Å²) >= 11 is 5.48. The molecule has 0 saturated carbocycles. The van der Waals surface area contributed by atoms with Crippen LogP contribution in [0.4, 0.5) is 8.78 Å². The van der Waals surface area contributed by atoms with E-state index in [0.29, 0.717) is 19.0 Å². The molecule has 0 aliphatic carbocycles. The lowest BCUT2D eigenvalue weighted by Gasteiger charge is -2.32. The van der Waals surface area contributed by atoms with Crippen LogP contribution in [0.25, 0.3) is 0 Å². The fraction of sp³-hybridized carbons (Fsp3) is 0.500. The minimum Gasteiger partial charge on any atom is -0.339 e. The van der Waals surface area contributed by atoms with Gasteiger partial charge in [0.05, 0.1) is 10.6 Å². The maximum Gasteiger partial charge on any atom is 0.256 e. The Labute approximate surface area is 121 Å². The molecule has 1 N–H and O–H groups in total. The zero-order chi connectivity index (χ0) is 14.7. The molecule has 3 nitrogen and oxygen atoms in total. The molecule has 1 heterocycles. The van der Waals surface area contributed by atoms with Crippen molar-refractivity contribution in [2.75, 3.05) is 26.7 Å². The highest BCUT2D eigenvalue weighted by Gasteiger charge is 2.25. The molecule has 1 saturated heterocycles. The summed E-state index contributed by atoms with van der Waals surface area (Å²) in [5.41, 5.74) is -0.251. The van der Waals surface area contributed by atoms with Gasteiger partial charge in [0.2, 0.25) is 0 Å². The van der Waals surface area contributed by atoms with Crippen LogP contribution in [0.3, 0.4) is 0 Å². The molecule has 1 amide bonds. The summed E-state index contributed by atoms with van der Waals surface area (Å²) < 4.78 is 27.1. The van der Waals surface area contributed by atoms with Crippen molar-refractivity contribution in [2.24, 2.45) is 5.92 Å². The standard InChI is InChI=1S/C14H17ClF2N2O/c1-18-8-9-2-4-19(5-3-9)14(20)10-6-13(17)11(15)7-12(10)16/h6-7,9,18H,2-5,8H2,1H3. The minimum absolute atomic E-state index is 0.251. The second-order valence-corrected chi connectivity index (χ2v) is 5.45. The number of nitrogens with zero attached hydrogens (tertiary/aromatic N) is 1. The second kappa shape index (κ2) is 6.50. The quantitative estimate of drug-likeness (QED) is 0.871. The van der Waals surface area contributed by atoms with E-state index in [-0.39, 0.29) is 10.6 Å². The SMILES string of the molecule is CNCC1CCN(C(=O)c2cc(F)c(Cl)cc2F)CC1. The van der Waals surface area contributed by atoms with E-state index in [2.05, 4.69) is 5.32 Å². The van der Waals surface area contributed by atoms with Crippen LogP contribution in [0.1, 0.15) is 23.2 Å².